The zero-order chi connectivity index (χ0) is 22.6. The highest BCUT2D eigenvalue weighted by atomic mass is 32.2. The molecule has 0 fully saturated rings. The number of methoxy groups -OCH3 is 2. The summed E-state index contributed by atoms with van der Waals surface area (Å²) >= 11 is 1.46. The minimum atomic E-state index is -0.567. The van der Waals surface area contributed by atoms with Crippen LogP contribution in [0.3, 0.4) is 0 Å². The van der Waals surface area contributed by atoms with Crippen LogP contribution in [0.5, 0.6) is 5.75 Å². The molecule has 0 bridgehead atoms. The second-order valence-electron chi connectivity index (χ2n) is 7.86. The average molecular weight is 443 g/mol. The number of imidazole rings is 1. The first-order chi connectivity index (χ1) is 14.7. The monoisotopic (exact) mass is 442 g/mol. The first kappa shape index (κ1) is 22.7. The molecular weight excluding hydrogens is 416 g/mol. The summed E-state index contributed by atoms with van der Waals surface area (Å²) < 4.78 is 17.6. The average Bonchev–Trinajstić information content (AvgIpc) is 3.07. The van der Waals surface area contributed by atoms with Gasteiger partial charge >= 0.3 is 11.9 Å². The van der Waals surface area contributed by atoms with E-state index in [1.165, 1.54) is 18.9 Å². The molecule has 7 nitrogen and oxygen atoms in total. The van der Waals surface area contributed by atoms with Gasteiger partial charge in [-0.1, -0.05) is 23.9 Å². The van der Waals surface area contributed by atoms with Gasteiger partial charge in [0.25, 0.3) is 0 Å². The molecular formula is C23H26N2O5S. The van der Waals surface area contributed by atoms with Crippen molar-refractivity contribution in [1.29, 1.82) is 0 Å². The first-order valence-electron chi connectivity index (χ1n) is 9.77. The zero-order valence-electron chi connectivity index (χ0n) is 18.3. The van der Waals surface area contributed by atoms with E-state index in [1.807, 2.05) is 49.6 Å². The number of carbonyl (C=O) groups is 2. The van der Waals surface area contributed by atoms with E-state index in [9.17, 15) is 9.59 Å². The normalized spacial score (nSPS) is 11.4. The molecule has 0 atom stereocenters. The summed E-state index contributed by atoms with van der Waals surface area (Å²) in [6.45, 7) is 5.58. The van der Waals surface area contributed by atoms with Crippen molar-refractivity contribution in [2.45, 2.75) is 43.8 Å². The summed E-state index contributed by atoms with van der Waals surface area (Å²) in [6.07, 6.45) is 0. The molecule has 2 aromatic carbocycles. The van der Waals surface area contributed by atoms with Gasteiger partial charge in [0.1, 0.15) is 17.9 Å². The minimum absolute atomic E-state index is 0.0550. The standard InChI is InChI=1S/C23H26N2O5S/c1-23(2,3)30-20(26)13-25-18-9-7-6-8-17(18)24-22(25)31-14-16-12-15(21(27)29-5)10-11-19(16)28-4/h6-12H,13-14H2,1-5H3. The minimum Gasteiger partial charge on any atom is -0.496 e. The number of esters is 2. The van der Waals surface area contributed by atoms with Crippen molar-refractivity contribution in [2.75, 3.05) is 14.2 Å². The number of ether oxygens (including phenoxy) is 3. The van der Waals surface area contributed by atoms with Gasteiger partial charge in [0.2, 0.25) is 0 Å². The van der Waals surface area contributed by atoms with Crippen molar-refractivity contribution >= 4 is 34.7 Å². The number of hydrogen-bond acceptors (Lipinski definition) is 7. The Morgan fingerprint density at radius 1 is 1.10 bits per heavy atom. The van der Waals surface area contributed by atoms with E-state index in [0.717, 1.165) is 16.6 Å². The van der Waals surface area contributed by atoms with Crippen molar-refractivity contribution in [3.8, 4) is 5.75 Å². The van der Waals surface area contributed by atoms with Gasteiger partial charge in [-0.25, -0.2) is 9.78 Å². The van der Waals surface area contributed by atoms with Crippen molar-refractivity contribution in [3.63, 3.8) is 0 Å². The van der Waals surface area contributed by atoms with Crippen LogP contribution < -0.4 is 4.74 Å². The van der Waals surface area contributed by atoms with E-state index in [4.69, 9.17) is 19.2 Å². The predicted molar refractivity (Wildman–Crippen MR) is 119 cm³/mol. The van der Waals surface area contributed by atoms with Gasteiger partial charge in [0.05, 0.1) is 30.8 Å². The molecule has 1 heterocycles. The molecule has 0 radical (unpaired) electrons. The molecule has 164 valence electrons. The van der Waals surface area contributed by atoms with Gasteiger partial charge in [-0.05, 0) is 51.1 Å². The van der Waals surface area contributed by atoms with E-state index in [0.29, 0.717) is 22.2 Å². The summed E-state index contributed by atoms with van der Waals surface area (Å²) in [5.41, 5.74) is 2.35. The molecule has 0 aliphatic carbocycles. The summed E-state index contributed by atoms with van der Waals surface area (Å²) in [6, 6.07) is 12.8. The van der Waals surface area contributed by atoms with E-state index in [-0.39, 0.29) is 12.5 Å². The van der Waals surface area contributed by atoms with E-state index < -0.39 is 11.6 Å². The summed E-state index contributed by atoms with van der Waals surface area (Å²) in [7, 11) is 2.93. The lowest BCUT2D eigenvalue weighted by atomic mass is 10.1. The highest BCUT2D eigenvalue weighted by Crippen LogP contribution is 2.31. The Bertz CT molecular complexity index is 1100. The summed E-state index contributed by atoms with van der Waals surface area (Å²) in [4.78, 5) is 29.1. The zero-order valence-corrected chi connectivity index (χ0v) is 19.1. The Morgan fingerprint density at radius 3 is 2.52 bits per heavy atom. The Morgan fingerprint density at radius 2 is 1.84 bits per heavy atom. The van der Waals surface area contributed by atoms with Crippen LogP contribution in [0.25, 0.3) is 11.0 Å². The van der Waals surface area contributed by atoms with Gasteiger partial charge in [0.15, 0.2) is 5.16 Å². The number of hydrogen-bond donors (Lipinski definition) is 0. The molecule has 0 unspecified atom stereocenters. The van der Waals surface area contributed by atoms with Crippen LogP contribution in [0.1, 0.15) is 36.7 Å². The van der Waals surface area contributed by atoms with Crippen molar-refractivity contribution < 1.29 is 23.8 Å². The molecule has 3 aromatic rings. The maximum absolute atomic E-state index is 12.5. The van der Waals surface area contributed by atoms with Gasteiger partial charge < -0.3 is 18.8 Å². The fraction of sp³-hybridized carbons (Fsp3) is 0.348. The molecule has 0 amide bonds. The number of thioether (sulfide) groups is 1. The second kappa shape index (κ2) is 9.43. The number of para-hydroxylation sites is 2. The highest BCUT2D eigenvalue weighted by Gasteiger charge is 2.20. The van der Waals surface area contributed by atoms with Gasteiger partial charge in [0, 0.05) is 11.3 Å². The van der Waals surface area contributed by atoms with Crippen LogP contribution in [-0.2, 0) is 26.6 Å². The molecule has 0 N–H and O–H groups in total. The van der Waals surface area contributed by atoms with Crippen LogP contribution in [0, 0.1) is 0 Å². The molecule has 1 aromatic heterocycles. The largest absolute Gasteiger partial charge is 0.496 e. The van der Waals surface area contributed by atoms with Crippen molar-refractivity contribution in [1.82, 2.24) is 9.55 Å². The van der Waals surface area contributed by atoms with Crippen LogP contribution in [0.15, 0.2) is 47.6 Å². The smallest absolute Gasteiger partial charge is 0.337 e. The molecule has 3 rings (SSSR count). The maximum Gasteiger partial charge on any atom is 0.337 e. The molecule has 31 heavy (non-hydrogen) atoms. The maximum atomic E-state index is 12.5. The number of aromatic nitrogens is 2. The molecule has 0 saturated heterocycles. The number of fused-ring (bicyclic) bond motifs is 1. The van der Waals surface area contributed by atoms with Crippen LogP contribution >= 0.6 is 11.8 Å². The van der Waals surface area contributed by atoms with E-state index in [2.05, 4.69) is 0 Å². The fourth-order valence-electron chi connectivity index (χ4n) is 3.10. The third-order valence-electron chi connectivity index (χ3n) is 4.39. The Kier molecular flexibility index (Phi) is 6.90. The molecule has 0 aliphatic heterocycles. The first-order valence-corrected chi connectivity index (χ1v) is 10.8. The predicted octanol–water partition coefficient (Wildman–Crippen LogP) is 4.47. The fourth-order valence-corrected chi connectivity index (χ4v) is 4.09. The summed E-state index contributed by atoms with van der Waals surface area (Å²) in [5.74, 6) is 0.412. The number of benzene rings is 2. The third-order valence-corrected chi connectivity index (χ3v) is 5.41. The lowest BCUT2D eigenvalue weighted by Crippen LogP contribution is -2.26. The SMILES string of the molecule is COC(=O)c1ccc(OC)c(CSc2nc3ccccc3n2CC(=O)OC(C)(C)C)c1. The number of carbonyl (C=O) groups excluding carboxylic acids is 2. The van der Waals surface area contributed by atoms with Crippen molar-refractivity contribution in [3.05, 3.63) is 53.6 Å². The van der Waals surface area contributed by atoms with E-state index >= 15 is 0 Å². The Balaban J connectivity index is 1.90. The third kappa shape index (κ3) is 5.58. The molecule has 0 aliphatic rings. The topological polar surface area (TPSA) is 79.7 Å². The molecule has 0 spiro atoms. The lowest BCUT2D eigenvalue weighted by Gasteiger charge is -2.20. The van der Waals surface area contributed by atoms with Gasteiger partial charge in [-0.2, -0.15) is 0 Å². The molecule has 0 saturated carbocycles. The Hall–Kier alpha value is -3.00. The lowest BCUT2D eigenvalue weighted by molar-refractivity contribution is -0.155. The summed E-state index contributed by atoms with van der Waals surface area (Å²) in [5, 5.41) is 0.678. The van der Waals surface area contributed by atoms with Crippen LogP contribution in [0.2, 0.25) is 0 Å². The van der Waals surface area contributed by atoms with Crippen LogP contribution in [-0.4, -0.2) is 41.3 Å². The van der Waals surface area contributed by atoms with Gasteiger partial charge in [-0.3, -0.25) is 4.79 Å². The Labute approximate surface area is 185 Å². The van der Waals surface area contributed by atoms with Crippen molar-refractivity contribution in [2.24, 2.45) is 0 Å². The number of rotatable bonds is 7. The molecule has 8 heteroatoms. The number of nitrogens with zero attached hydrogens (tertiary/aromatic N) is 2. The highest BCUT2D eigenvalue weighted by molar-refractivity contribution is 7.98. The van der Waals surface area contributed by atoms with Crippen LogP contribution in [0.4, 0.5) is 0 Å². The van der Waals surface area contributed by atoms with Gasteiger partial charge in [-0.15, -0.1) is 0 Å². The van der Waals surface area contributed by atoms with E-state index in [1.54, 1.807) is 25.3 Å². The quantitative estimate of drug-likeness (QED) is 0.395. The second-order valence-corrected chi connectivity index (χ2v) is 8.81.